The molecule has 4 heterocycles. The highest BCUT2D eigenvalue weighted by Gasteiger charge is 2.50. The first-order valence-electron chi connectivity index (χ1n) is 21.6. The van der Waals surface area contributed by atoms with Crippen molar-refractivity contribution in [2.45, 2.75) is 85.8 Å². The molecule has 0 aliphatic carbocycles. The van der Waals surface area contributed by atoms with Gasteiger partial charge in [0.05, 0.1) is 87.9 Å². The Morgan fingerprint density at radius 3 is 1.19 bits per heavy atom. The Labute approximate surface area is 390 Å². The molecule has 4 fully saturated rings. The Kier molecular flexibility index (Phi) is 16.5. The van der Waals surface area contributed by atoms with Crippen LogP contribution in [-0.4, -0.2) is 194 Å². The van der Waals surface area contributed by atoms with E-state index in [0.29, 0.717) is 11.1 Å². The van der Waals surface area contributed by atoms with Gasteiger partial charge in [0.1, 0.15) is 54.9 Å². The number of fused-ring (bicyclic) bond motifs is 1. The highest BCUT2D eigenvalue weighted by molar-refractivity contribution is 5.57. The summed E-state index contributed by atoms with van der Waals surface area (Å²) in [6.45, 7) is -1.45. The fourth-order valence-electron chi connectivity index (χ4n) is 8.91. The van der Waals surface area contributed by atoms with Gasteiger partial charge in [0, 0.05) is 11.8 Å². The number of hydrogen-bond donors (Lipinski definition) is 10. The van der Waals surface area contributed by atoms with Gasteiger partial charge in [-0.3, -0.25) is 0 Å². The van der Waals surface area contributed by atoms with E-state index < -0.39 is 106 Å². The molecule has 0 amide bonds. The molecule has 7 rings (SSSR count). The third kappa shape index (κ3) is 9.74. The minimum Gasteiger partial charge on any atom is -0.493 e. The Balaban J connectivity index is 1.09. The quantitative estimate of drug-likeness (QED) is 0.0664. The number of rotatable bonds is 19. The highest BCUT2D eigenvalue weighted by Crippen LogP contribution is 2.54. The number of aliphatic hydroxyl groups excluding tert-OH is 10. The van der Waals surface area contributed by atoms with Gasteiger partial charge in [0.15, 0.2) is 40.6 Å². The second-order valence-corrected chi connectivity index (χ2v) is 16.5. The molecule has 23 heteroatoms. The predicted molar refractivity (Wildman–Crippen MR) is 228 cm³/mol. The van der Waals surface area contributed by atoms with Gasteiger partial charge in [-0.2, -0.15) is 0 Å². The molecule has 68 heavy (non-hydrogen) atoms. The van der Waals surface area contributed by atoms with Gasteiger partial charge in [-0.25, -0.2) is 0 Å². The fraction of sp³-hybridized carbons (Fsp3) is 0.600. The Bertz CT molecular complexity index is 2080. The summed E-state index contributed by atoms with van der Waals surface area (Å²) in [5.74, 6) is 0.355. The van der Waals surface area contributed by atoms with E-state index in [-0.39, 0.29) is 82.4 Å². The summed E-state index contributed by atoms with van der Waals surface area (Å²) < 4.78 is 75.8. The topological polar surface area (TPSA) is 322 Å². The maximum atomic E-state index is 11.7. The van der Waals surface area contributed by atoms with Crippen molar-refractivity contribution in [2.24, 2.45) is 11.8 Å². The Morgan fingerprint density at radius 2 is 0.853 bits per heavy atom. The average molecular weight is 969 g/mol. The van der Waals surface area contributed by atoms with Crippen molar-refractivity contribution in [3.8, 4) is 51.7 Å². The van der Waals surface area contributed by atoms with Crippen molar-refractivity contribution < 1.29 is 113 Å². The first-order chi connectivity index (χ1) is 32.7. The summed E-state index contributed by atoms with van der Waals surface area (Å²) in [6.07, 6.45) is -19.4. The van der Waals surface area contributed by atoms with Crippen LogP contribution in [0.5, 0.6) is 51.7 Å². The fourth-order valence-corrected chi connectivity index (χ4v) is 8.91. The average Bonchev–Trinajstić information content (AvgIpc) is 3.98. The zero-order valence-electron chi connectivity index (χ0n) is 38.0. The van der Waals surface area contributed by atoms with Crippen LogP contribution in [0.25, 0.3) is 0 Å². The number of ether oxygens (including phenoxy) is 13. The van der Waals surface area contributed by atoms with E-state index in [9.17, 15) is 51.1 Å². The number of methoxy groups -OCH3 is 6. The van der Waals surface area contributed by atoms with Crippen LogP contribution in [0.15, 0.2) is 36.4 Å². The van der Waals surface area contributed by atoms with Crippen LogP contribution < -0.4 is 42.6 Å². The van der Waals surface area contributed by atoms with Crippen LogP contribution >= 0.6 is 0 Å². The van der Waals surface area contributed by atoms with Crippen LogP contribution in [0.4, 0.5) is 0 Å². The van der Waals surface area contributed by atoms with Crippen LogP contribution in [0.1, 0.15) is 35.0 Å². The largest absolute Gasteiger partial charge is 0.493 e. The molecular weight excluding hydrogens is 908 g/mol. The maximum absolute atomic E-state index is 11.7. The molecule has 0 saturated carbocycles. The summed E-state index contributed by atoms with van der Waals surface area (Å²) in [6, 6.07) is 9.52. The summed E-state index contributed by atoms with van der Waals surface area (Å²) in [4.78, 5) is 0. The summed E-state index contributed by atoms with van der Waals surface area (Å²) in [7, 11) is 8.25. The molecular formula is C45H60O23. The molecule has 4 saturated heterocycles. The lowest BCUT2D eigenvalue weighted by atomic mass is 9.84. The lowest BCUT2D eigenvalue weighted by molar-refractivity contribution is -0.277. The molecule has 378 valence electrons. The van der Waals surface area contributed by atoms with Crippen molar-refractivity contribution in [1.82, 2.24) is 0 Å². The van der Waals surface area contributed by atoms with E-state index in [4.69, 9.17) is 61.6 Å². The van der Waals surface area contributed by atoms with Crippen molar-refractivity contribution in [3.05, 3.63) is 53.1 Å². The van der Waals surface area contributed by atoms with E-state index in [1.807, 2.05) is 0 Å². The van der Waals surface area contributed by atoms with Gasteiger partial charge in [0.25, 0.3) is 0 Å². The molecule has 0 radical (unpaired) electrons. The van der Waals surface area contributed by atoms with E-state index in [1.54, 1.807) is 24.3 Å². The third-order valence-corrected chi connectivity index (χ3v) is 12.7. The normalized spacial score (nSPS) is 32.1. The zero-order valence-corrected chi connectivity index (χ0v) is 38.0. The Morgan fingerprint density at radius 1 is 0.500 bits per heavy atom. The molecule has 0 aromatic heterocycles. The Hall–Kier alpha value is -4.70. The SMILES string of the molecule is COc1cc([C@H](O)[C@@H](CO)Oc2c(OC)cc([C@H]3OC[C@H]4[C@@H]3CO[C@H]4c3cc(OC)c(O[C@@H]4O[C@@H](CO)[C@@H](O)[C@H](O)[C@H]4O)c(OC)c3)cc2OC)cc(OC)c1O[C@H]1O[C@H](CO)[C@H](O)[C@@H](O)[C@H]1O. The lowest BCUT2D eigenvalue weighted by Crippen LogP contribution is -2.60. The van der Waals surface area contributed by atoms with Crippen molar-refractivity contribution in [1.29, 1.82) is 0 Å². The van der Waals surface area contributed by atoms with Crippen LogP contribution in [-0.2, 0) is 18.9 Å². The molecule has 0 bridgehead atoms. The molecule has 0 unspecified atom stereocenters. The van der Waals surface area contributed by atoms with Crippen molar-refractivity contribution in [3.63, 3.8) is 0 Å². The molecule has 0 spiro atoms. The van der Waals surface area contributed by atoms with Gasteiger partial charge in [-0.15, -0.1) is 0 Å². The summed E-state index contributed by atoms with van der Waals surface area (Å²) in [5, 5.41) is 104. The van der Waals surface area contributed by atoms with Gasteiger partial charge in [0.2, 0.25) is 29.8 Å². The highest BCUT2D eigenvalue weighted by atomic mass is 16.7. The van der Waals surface area contributed by atoms with Crippen LogP contribution in [0, 0.1) is 11.8 Å². The second kappa shape index (κ2) is 21.9. The van der Waals surface area contributed by atoms with E-state index in [2.05, 4.69) is 0 Å². The van der Waals surface area contributed by atoms with Gasteiger partial charge in [-0.05, 0) is 53.1 Å². The monoisotopic (exact) mass is 968 g/mol. The van der Waals surface area contributed by atoms with Crippen LogP contribution in [0.3, 0.4) is 0 Å². The van der Waals surface area contributed by atoms with Gasteiger partial charge in [-0.1, -0.05) is 0 Å². The zero-order chi connectivity index (χ0) is 49.1. The lowest BCUT2D eigenvalue weighted by Gasteiger charge is -2.39. The predicted octanol–water partition coefficient (Wildman–Crippen LogP) is -1.36. The molecule has 4 aliphatic heterocycles. The molecule has 3 aromatic carbocycles. The van der Waals surface area contributed by atoms with E-state index >= 15 is 0 Å². The minimum absolute atomic E-state index is 0.0179. The van der Waals surface area contributed by atoms with Crippen molar-refractivity contribution in [2.75, 3.05) is 75.7 Å². The summed E-state index contributed by atoms with van der Waals surface area (Å²) >= 11 is 0. The van der Waals surface area contributed by atoms with Gasteiger partial charge < -0.3 is 113 Å². The molecule has 10 N–H and O–H groups in total. The van der Waals surface area contributed by atoms with E-state index in [0.717, 1.165) is 0 Å². The molecule has 4 aliphatic rings. The first-order valence-corrected chi connectivity index (χ1v) is 21.6. The molecule has 23 nitrogen and oxygen atoms in total. The first kappa shape index (κ1) is 51.2. The van der Waals surface area contributed by atoms with E-state index in [1.165, 1.54) is 54.8 Å². The van der Waals surface area contributed by atoms with Gasteiger partial charge >= 0.3 is 0 Å². The number of benzene rings is 3. The standard InChI is InChI=1S/C45H60O23/c1-56-23-7-18(8-24(57-2)42(23)67-44-37(54)35(52)33(50)30(14-47)65-44)32(49)29(13-46)64-41-25(58-3)9-19(10-26(41)59-4)39-21-16-63-40(22(21)17-62-39)20-11-27(60-5)43(28(12-20)61-6)68-45-38(55)36(53)34(51)31(15-48)66-45/h7-12,21-22,29-40,44-55H,13-17H2,1-6H3/t21-,22-,29+,30+,31-,32-,33-,34+,35+,36-,37+,38+,39+,40-,44+,45-/m0/s1. The second-order valence-electron chi connectivity index (χ2n) is 16.5. The summed E-state index contributed by atoms with van der Waals surface area (Å²) in [5.41, 5.74) is 1.46. The maximum Gasteiger partial charge on any atom is 0.229 e. The minimum atomic E-state index is -1.74. The molecule has 3 aromatic rings. The van der Waals surface area contributed by atoms with Crippen LogP contribution in [0.2, 0.25) is 0 Å². The van der Waals surface area contributed by atoms with Crippen molar-refractivity contribution >= 4 is 0 Å². The third-order valence-electron chi connectivity index (χ3n) is 12.7. The smallest absolute Gasteiger partial charge is 0.229 e. The number of aliphatic hydroxyl groups is 10. The number of hydrogen-bond acceptors (Lipinski definition) is 23. The molecule has 16 atom stereocenters.